The van der Waals surface area contributed by atoms with Gasteiger partial charge in [0.15, 0.2) is 11.5 Å². The van der Waals surface area contributed by atoms with E-state index in [0.717, 1.165) is 16.6 Å². The van der Waals surface area contributed by atoms with Crippen molar-refractivity contribution < 1.29 is 14.3 Å². The van der Waals surface area contributed by atoms with Gasteiger partial charge in [-0.2, -0.15) is 0 Å². The third-order valence-corrected chi connectivity index (χ3v) is 4.54. The second kappa shape index (κ2) is 7.07. The number of benzene rings is 2. The van der Waals surface area contributed by atoms with Crippen LogP contribution in [-0.4, -0.2) is 36.6 Å². The van der Waals surface area contributed by atoms with Crippen molar-refractivity contribution in [1.29, 1.82) is 0 Å². The molecule has 1 heterocycles. The fourth-order valence-corrected chi connectivity index (χ4v) is 2.84. The van der Waals surface area contributed by atoms with Gasteiger partial charge >= 0.3 is 0 Å². The van der Waals surface area contributed by atoms with E-state index in [1.165, 1.54) is 0 Å². The lowest BCUT2D eigenvalue weighted by Gasteiger charge is -2.26. The molecule has 136 valence electrons. The molecule has 3 aromatic rings. The van der Waals surface area contributed by atoms with Gasteiger partial charge in [0.2, 0.25) is 0 Å². The monoisotopic (exact) mass is 353 g/mol. The summed E-state index contributed by atoms with van der Waals surface area (Å²) in [7, 11) is 3.22. The molecule has 0 unspecified atom stereocenters. The summed E-state index contributed by atoms with van der Waals surface area (Å²) < 4.78 is 10.7. The number of carbonyl (C=O) groups is 1. The fourth-order valence-electron chi connectivity index (χ4n) is 2.84. The Morgan fingerprint density at radius 2 is 1.88 bits per heavy atom. The van der Waals surface area contributed by atoms with Crippen LogP contribution in [0.2, 0.25) is 0 Å². The minimum absolute atomic E-state index is 0.116. The Kier molecular flexibility index (Phi) is 4.84. The van der Waals surface area contributed by atoms with Crippen molar-refractivity contribution >= 4 is 16.9 Å². The molecule has 26 heavy (non-hydrogen) atoms. The highest BCUT2D eigenvalue weighted by Gasteiger charge is 2.23. The third kappa shape index (κ3) is 3.49. The van der Waals surface area contributed by atoms with Gasteiger partial charge in [0.25, 0.3) is 5.91 Å². The Balaban J connectivity index is 1.73. The average Bonchev–Trinajstić information content (AvgIpc) is 3.13. The van der Waals surface area contributed by atoms with Gasteiger partial charge in [-0.1, -0.05) is 19.9 Å². The average molecular weight is 353 g/mol. The van der Waals surface area contributed by atoms with Crippen LogP contribution in [-0.2, 0) is 5.41 Å². The van der Waals surface area contributed by atoms with Gasteiger partial charge in [0.05, 0.1) is 31.6 Å². The first-order valence-electron chi connectivity index (χ1n) is 8.38. The highest BCUT2D eigenvalue weighted by molar-refractivity contribution is 5.97. The van der Waals surface area contributed by atoms with E-state index < -0.39 is 0 Å². The van der Waals surface area contributed by atoms with Crippen molar-refractivity contribution in [2.45, 2.75) is 19.3 Å². The number of nitrogens with zero attached hydrogens (tertiary/aromatic N) is 1. The summed E-state index contributed by atoms with van der Waals surface area (Å²) in [4.78, 5) is 19.7. The lowest BCUT2D eigenvalue weighted by Crippen LogP contribution is -2.36. The lowest BCUT2D eigenvalue weighted by molar-refractivity contribution is 0.0946. The molecule has 6 heteroatoms. The molecule has 0 atom stereocenters. The summed E-state index contributed by atoms with van der Waals surface area (Å²) in [6.45, 7) is 4.64. The molecule has 0 aliphatic carbocycles. The van der Waals surface area contributed by atoms with Crippen LogP contribution < -0.4 is 14.8 Å². The number of amides is 1. The van der Waals surface area contributed by atoms with E-state index in [1.807, 2.05) is 24.3 Å². The Morgan fingerprint density at radius 3 is 2.62 bits per heavy atom. The number of carbonyl (C=O) groups excluding carboxylic acids is 1. The molecule has 0 bridgehead atoms. The van der Waals surface area contributed by atoms with Crippen molar-refractivity contribution in [3.8, 4) is 11.5 Å². The number of nitrogens with one attached hydrogen (secondary N) is 2. The van der Waals surface area contributed by atoms with Crippen LogP contribution >= 0.6 is 0 Å². The van der Waals surface area contributed by atoms with Crippen LogP contribution in [0.5, 0.6) is 11.5 Å². The van der Waals surface area contributed by atoms with Crippen LogP contribution in [0.3, 0.4) is 0 Å². The molecule has 3 rings (SSSR count). The number of H-pyrrole nitrogens is 1. The minimum Gasteiger partial charge on any atom is -0.493 e. The highest BCUT2D eigenvalue weighted by Crippen LogP contribution is 2.32. The van der Waals surface area contributed by atoms with Gasteiger partial charge in [-0.05, 0) is 35.9 Å². The summed E-state index contributed by atoms with van der Waals surface area (Å²) in [5, 5.41) is 3.02. The normalized spacial score (nSPS) is 11.4. The molecule has 0 aliphatic heterocycles. The van der Waals surface area contributed by atoms with Gasteiger partial charge in [0, 0.05) is 17.5 Å². The van der Waals surface area contributed by atoms with E-state index in [1.54, 1.807) is 32.7 Å². The molecule has 0 saturated heterocycles. The molecule has 1 amide bonds. The second-order valence-corrected chi connectivity index (χ2v) is 6.77. The first kappa shape index (κ1) is 17.8. The lowest BCUT2D eigenvalue weighted by atomic mass is 9.84. The fraction of sp³-hybridized carbons (Fsp3) is 0.300. The number of imidazole rings is 1. The standard InChI is InChI=1S/C20H23N3O3/c1-20(2,14-6-8-17(25-3)18(10-14)26-4)11-21-19(24)13-5-7-15-16(9-13)23-12-22-15/h5-10,12H,11H2,1-4H3,(H,21,24)(H,22,23). The minimum atomic E-state index is -0.271. The topological polar surface area (TPSA) is 76.2 Å². The smallest absolute Gasteiger partial charge is 0.251 e. The van der Waals surface area contributed by atoms with Gasteiger partial charge in [0.1, 0.15) is 0 Å². The zero-order chi connectivity index (χ0) is 18.7. The summed E-state index contributed by atoms with van der Waals surface area (Å²) >= 11 is 0. The predicted molar refractivity (Wildman–Crippen MR) is 101 cm³/mol. The van der Waals surface area contributed by atoms with Crippen LogP contribution in [0.4, 0.5) is 0 Å². The second-order valence-electron chi connectivity index (χ2n) is 6.77. The molecule has 6 nitrogen and oxygen atoms in total. The Labute approximate surface area is 152 Å². The number of aromatic amines is 1. The quantitative estimate of drug-likeness (QED) is 0.713. The molecule has 0 spiro atoms. The molecule has 0 radical (unpaired) electrons. The number of hydrogen-bond acceptors (Lipinski definition) is 4. The Hall–Kier alpha value is -3.02. The maximum atomic E-state index is 12.5. The van der Waals surface area contributed by atoms with Gasteiger partial charge < -0.3 is 19.8 Å². The van der Waals surface area contributed by atoms with Gasteiger partial charge in [-0.25, -0.2) is 4.98 Å². The summed E-state index contributed by atoms with van der Waals surface area (Å²) in [5.74, 6) is 1.24. The van der Waals surface area contributed by atoms with Crippen LogP contribution in [0.25, 0.3) is 11.0 Å². The number of methoxy groups -OCH3 is 2. The molecular weight excluding hydrogens is 330 g/mol. The first-order chi connectivity index (χ1) is 12.4. The number of fused-ring (bicyclic) bond motifs is 1. The van der Waals surface area contributed by atoms with Crippen LogP contribution in [0.15, 0.2) is 42.7 Å². The van der Waals surface area contributed by atoms with Crippen molar-refractivity contribution in [3.63, 3.8) is 0 Å². The van der Waals surface area contributed by atoms with Gasteiger partial charge in [-0.15, -0.1) is 0 Å². The summed E-state index contributed by atoms with van der Waals surface area (Å²) in [6, 6.07) is 11.2. The predicted octanol–water partition coefficient (Wildman–Crippen LogP) is 3.29. The molecule has 0 fully saturated rings. The van der Waals surface area contributed by atoms with Crippen molar-refractivity contribution in [2.75, 3.05) is 20.8 Å². The van der Waals surface area contributed by atoms with E-state index >= 15 is 0 Å². The number of ether oxygens (including phenoxy) is 2. The molecule has 2 aromatic carbocycles. The van der Waals surface area contributed by atoms with E-state index in [4.69, 9.17) is 9.47 Å². The van der Waals surface area contributed by atoms with Crippen molar-refractivity contribution in [1.82, 2.24) is 15.3 Å². The first-order valence-corrected chi connectivity index (χ1v) is 8.38. The van der Waals surface area contributed by atoms with E-state index in [2.05, 4.69) is 29.1 Å². The summed E-state index contributed by atoms with van der Waals surface area (Å²) in [5.41, 5.74) is 3.07. The zero-order valence-electron chi connectivity index (χ0n) is 15.4. The molecular formula is C20H23N3O3. The van der Waals surface area contributed by atoms with Crippen LogP contribution in [0, 0.1) is 0 Å². The largest absolute Gasteiger partial charge is 0.493 e. The van der Waals surface area contributed by atoms with Crippen molar-refractivity contribution in [3.05, 3.63) is 53.9 Å². The van der Waals surface area contributed by atoms with E-state index in [0.29, 0.717) is 23.6 Å². The van der Waals surface area contributed by atoms with E-state index in [9.17, 15) is 4.79 Å². The molecule has 1 aromatic heterocycles. The zero-order valence-corrected chi connectivity index (χ0v) is 15.4. The molecule has 0 aliphatic rings. The highest BCUT2D eigenvalue weighted by atomic mass is 16.5. The van der Waals surface area contributed by atoms with E-state index in [-0.39, 0.29) is 11.3 Å². The number of rotatable bonds is 6. The van der Waals surface area contributed by atoms with Crippen LogP contribution in [0.1, 0.15) is 29.8 Å². The summed E-state index contributed by atoms with van der Waals surface area (Å²) in [6.07, 6.45) is 1.62. The maximum Gasteiger partial charge on any atom is 0.251 e. The SMILES string of the molecule is COc1ccc(C(C)(C)CNC(=O)c2ccc3nc[nH]c3c2)cc1OC. The van der Waals surface area contributed by atoms with Gasteiger partial charge in [-0.3, -0.25) is 4.79 Å². The number of aromatic nitrogens is 2. The Bertz CT molecular complexity index is 931. The molecule has 0 saturated carbocycles. The van der Waals surface area contributed by atoms with Crippen molar-refractivity contribution in [2.24, 2.45) is 0 Å². The molecule has 2 N–H and O–H groups in total. The number of hydrogen-bond donors (Lipinski definition) is 2. The maximum absolute atomic E-state index is 12.5. The Morgan fingerprint density at radius 1 is 1.12 bits per heavy atom. The third-order valence-electron chi connectivity index (χ3n) is 4.54.